The molecule has 0 radical (unpaired) electrons. The van der Waals surface area contributed by atoms with Crippen molar-refractivity contribution in [1.29, 1.82) is 0 Å². The van der Waals surface area contributed by atoms with Gasteiger partial charge in [0.1, 0.15) is 12.3 Å². The van der Waals surface area contributed by atoms with Crippen molar-refractivity contribution in [3.05, 3.63) is 83.4 Å². The van der Waals surface area contributed by atoms with Gasteiger partial charge < -0.3 is 15.0 Å². The zero-order valence-electron chi connectivity index (χ0n) is 20.4. The summed E-state index contributed by atoms with van der Waals surface area (Å²) in [7, 11) is -2.55. The van der Waals surface area contributed by atoms with E-state index in [1.165, 1.54) is 43.8 Å². The van der Waals surface area contributed by atoms with Gasteiger partial charge in [-0.05, 0) is 79.9 Å². The van der Waals surface area contributed by atoms with Gasteiger partial charge in [0.15, 0.2) is 0 Å². The number of nitrogens with one attached hydrogen (secondary N) is 1. The number of halogens is 1. The Labute approximate surface area is 217 Å². The summed E-state index contributed by atoms with van der Waals surface area (Å²) in [5.74, 6) is 0.105. The van der Waals surface area contributed by atoms with Crippen LogP contribution in [0.2, 0.25) is 5.02 Å². The second-order valence-electron chi connectivity index (χ2n) is 8.74. The van der Waals surface area contributed by atoms with Crippen molar-refractivity contribution in [3.63, 3.8) is 0 Å². The van der Waals surface area contributed by atoms with Crippen LogP contribution in [0.1, 0.15) is 31.4 Å². The minimum atomic E-state index is -4.05. The predicted molar refractivity (Wildman–Crippen MR) is 143 cm³/mol. The van der Waals surface area contributed by atoms with E-state index in [1.807, 2.05) is 19.1 Å². The van der Waals surface area contributed by atoms with Crippen LogP contribution in [-0.4, -0.2) is 41.1 Å². The summed E-state index contributed by atoms with van der Waals surface area (Å²) in [5.41, 5.74) is 2.42. The Morgan fingerprint density at radius 1 is 1.06 bits per heavy atom. The van der Waals surface area contributed by atoms with Crippen LogP contribution in [0.5, 0.6) is 5.75 Å². The van der Waals surface area contributed by atoms with Crippen molar-refractivity contribution < 1.29 is 17.9 Å². The highest BCUT2D eigenvalue weighted by molar-refractivity contribution is 7.92. The van der Waals surface area contributed by atoms with Crippen LogP contribution in [-0.2, 0) is 14.8 Å². The third kappa shape index (κ3) is 5.94. The highest BCUT2D eigenvalue weighted by Crippen LogP contribution is 2.28. The van der Waals surface area contributed by atoms with E-state index in [9.17, 15) is 13.2 Å². The van der Waals surface area contributed by atoms with Crippen molar-refractivity contribution in [3.8, 4) is 5.75 Å². The average Bonchev–Trinajstić information content (AvgIpc) is 3.42. The van der Waals surface area contributed by atoms with Gasteiger partial charge in [-0.3, -0.25) is 9.10 Å². The Balaban J connectivity index is 1.52. The number of benzene rings is 3. The van der Waals surface area contributed by atoms with Crippen LogP contribution in [0, 0.1) is 0 Å². The van der Waals surface area contributed by atoms with E-state index in [2.05, 4.69) is 22.3 Å². The number of carbonyl (C=O) groups is 1. The number of hydrogen-bond acceptors (Lipinski definition) is 5. The number of sulfonamides is 1. The number of hydrogen-bond donors (Lipinski definition) is 1. The van der Waals surface area contributed by atoms with Crippen molar-refractivity contribution >= 4 is 38.9 Å². The standard InChI is InChI=1S/C27H30ClN3O4S/c1-20(21-8-10-23(11-9-21)30-16-3-4-17-30)29-27(32)19-31(24-7-5-6-22(28)18-24)36(33,34)26-14-12-25(35-2)13-15-26/h5-15,18,20H,3-4,16-17,19H2,1-2H3,(H,29,32). The van der Waals surface area contributed by atoms with Gasteiger partial charge in [-0.1, -0.05) is 29.8 Å². The van der Waals surface area contributed by atoms with Crippen LogP contribution < -0.4 is 19.3 Å². The lowest BCUT2D eigenvalue weighted by atomic mass is 10.1. The first-order valence-electron chi connectivity index (χ1n) is 11.8. The van der Waals surface area contributed by atoms with Crippen LogP contribution in [0.3, 0.4) is 0 Å². The fraction of sp³-hybridized carbons (Fsp3) is 0.296. The minimum absolute atomic E-state index is 0.0432. The zero-order chi connectivity index (χ0) is 25.7. The summed E-state index contributed by atoms with van der Waals surface area (Å²) in [6, 6.07) is 20.3. The van der Waals surface area contributed by atoms with Crippen molar-refractivity contribution in [2.24, 2.45) is 0 Å². The first-order valence-corrected chi connectivity index (χ1v) is 13.7. The molecule has 1 aliphatic rings. The fourth-order valence-electron chi connectivity index (χ4n) is 4.27. The number of rotatable bonds is 9. The maximum absolute atomic E-state index is 13.6. The molecule has 36 heavy (non-hydrogen) atoms. The molecule has 3 aromatic rings. The molecule has 4 rings (SSSR count). The monoisotopic (exact) mass is 527 g/mol. The third-order valence-electron chi connectivity index (χ3n) is 6.27. The molecule has 0 aromatic heterocycles. The summed E-state index contributed by atoms with van der Waals surface area (Å²) in [5, 5.41) is 3.30. The highest BCUT2D eigenvalue weighted by atomic mass is 35.5. The number of carbonyl (C=O) groups excluding carboxylic acids is 1. The van der Waals surface area contributed by atoms with E-state index < -0.39 is 22.5 Å². The lowest BCUT2D eigenvalue weighted by molar-refractivity contribution is -0.120. The molecule has 190 valence electrons. The Morgan fingerprint density at radius 3 is 2.33 bits per heavy atom. The van der Waals surface area contributed by atoms with Gasteiger partial charge in [0.25, 0.3) is 10.0 Å². The fourth-order valence-corrected chi connectivity index (χ4v) is 5.87. The lowest BCUT2D eigenvalue weighted by Gasteiger charge is -2.25. The molecule has 1 fully saturated rings. The summed E-state index contributed by atoms with van der Waals surface area (Å²) >= 11 is 6.14. The summed E-state index contributed by atoms with van der Waals surface area (Å²) < 4.78 is 33.3. The second-order valence-corrected chi connectivity index (χ2v) is 11.0. The summed E-state index contributed by atoms with van der Waals surface area (Å²) in [6.45, 7) is 3.61. The summed E-state index contributed by atoms with van der Waals surface area (Å²) in [6.07, 6.45) is 2.41. The third-order valence-corrected chi connectivity index (χ3v) is 8.30. The van der Waals surface area contributed by atoms with E-state index in [0.717, 1.165) is 23.0 Å². The Hall–Kier alpha value is -3.23. The Bertz CT molecular complexity index is 1290. The number of nitrogens with zero attached hydrogens (tertiary/aromatic N) is 2. The number of methoxy groups -OCH3 is 1. The van der Waals surface area contributed by atoms with Gasteiger partial charge in [-0.15, -0.1) is 0 Å². The smallest absolute Gasteiger partial charge is 0.264 e. The van der Waals surface area contributed by atoms with Gasteiger partial charge in [0.2, 0.25) is 5.91 Å². The maximum atomic E-state index is 13.6. The molecule has 1 aliphatic heterocycles. The minimum Gasteiger partial charge on any atom is -0.497 e. The van der Waals surface area contributed by atoms with Gasteiger partial charge in [-0.2, -0.15) is 0 Å². The molecule has 9 heteroatoms. The molecule has 0 saturated carbocycles. The molecular weight excluding hydrogens is 498 g/mol. The molecule has 0 spiro atoms. The van der Waals surface area contributed by atoms with Gasteiger partial charge in [0, 0.05) is 23.8 Å². The molecule has 1 heterocycles. The maximum Gasteiger partial charge on any atom is 0.264 e. The molecule has 1 amide bonds. The van der Waals surface area contributed by atoms with Gasteiger partial charge in [-0.25, -0.2) is 8.42 Å². The van der Waals surface area contributed by atoms with E-state index in [-0.39, 0.29) is 10.9 Å². The predicted octanol–water partition coefficient (Wildman–Crippen LogP) is 5.02. The Morgan fingerprint density at radius 2 is 1.72 bits per heavy atom. The molecule has 3 aromatic carbocycles. The quantitative estimate of drug-likeness (QED) is 0.422. The molecule has 1 saturated heterocycles. The van der Waals surface area contributed by atoms with Crippen LogP contribution >= 0.6 is 11.6 Å². The number of anilines is 2. The van der Waals surface area contributed by atoms with E-state index in [0.29, 0.717) is 16.5 Å². The average molecular weight is 528 g/mol. The molecule has 1 unspecified atom stereocenters. The van der Waals surface area contributed by atoms with Crippen molar-refractivity contribution in [1.82, 2.24) is 5.32 Å². The normalized spacial score (nSPS) is 14.4. The largest absolute Gasteiger partial charge is 0.497 e. The van der Waals surface area contributed by atoms with Crippen LogP contribution in [0.15, 0.2) is 77.7 Å². The van der Waals surface area contributed by atoms with E-state index >= 15 is 0 Å². The first kappa shape index (κ1) is 25.9. The molecule has 1 N–H and O–H groups in total. The van der Waals surface area contributed by atoms with Gasteiger partial charge >= 0.3 is 0 Å². The lowest BCUT2D eigenvalue weighted by Crippen LogP contribution is -2.41. The Kier molecular flexibility index (Phi) is 8.06. The number of amides is 1. The van der Waals surface area contributed by atoms with Gasteiger partial charge in [0.05, 0.1) is 23.7 Å². The first-order chi connectivity index (χ1) is 17.3. The molecule has 7 nitrogen and oxygen atoms in total. The number of ether oxygens (including phenoxy) is 1. The molecule has 0 aliphatic carbocycles. The van der Waals surface area contributed by atoms with Crippen molar-refractivity contribution in [2.75, 3.05) is 35.9 Å². The summed E-state index contributed by atoms with van der Waals surface area (Å²) in [4.78, 5) is 15.5. The van der Waals surface area contributed by atoms with Crippen LogP contribution in [0.4, 0.5) is 11.4 Å². The van der Waals surface area contributed by atoms with Crippen molar-refractivity contribution in [2.45, 2.75) is 30.7 Å². The van der Waals surface area contributed by atoms with E-state index in [4.69, 9.17) is 16.3 Å². The zero-order valence-corrected chi connectivity index (χ0v) is 21.9. The van der Waals surface area contributed by atoms with Crippen LogP contribution in [0.25, 0.3) is 0 Å². The topological polar surface area (TPSA) is 79.0 Å². The molecular formula is C27H30ClN3O4S. The highest BCUT2D eigenvalue weighted by Gasteiger charge is 2.28. The molecule has 1 atom stereocenters. The second kappa shape index (κ2) is 11.2. The molecule has 0 bridgehead atoms. The SMILES string of the molecule is COc1ccc(S(=O)(=O)N(CC(=O)NC(C)c2ccc(N3CCCC3)cc2)c2cccc(Cl)c2)cc1. The van der Waals surface area contributed by atoms with E-state index in [1.54, 1.807) is 30.3 Å².